The molecule has 0 heterocycles. The summed E-state index contributed by atoms with van der Waals surface area (Å²) in [4.78, 5) is 12.2. The molecule has 108 valence electrons. The van der Waals surface area contributed by atoms with Crippen molar-refractivity contribution in [3.63, 3.8) is 0 Å². The van der Waals surface area contributed by atoms with Crippen LogP contribution in [0, 0.1) is 5.92 Å². The molecule has 0 aliphatic rings. The molecule has 0 radical (unpaired) electrons. The largest absolute Gasteiger partial charge is 0.295 e. The molecule has 2 rings (SSSR count). The van der Waals surface area contributed by atoms with Crippen LogP contribution in [0.2, 0.25) is 0 Å². The Bertz CT molecular complexity index is 582. The van der Waals surface area contributed by atoms with Crippen LogP contribution in [-0.2, 0) is 4.79 Å². The number of rotatable bonds is 6. The first-order valence-electron chi connectivity index (χ1n) is 7.47. The van der Waals surface area contributed by atoms with Gasteiger partial charge in [0.1, 0.15) is 0 Å². The molecular weight excluding hydrogens is 256 g/mol. The van der Waals surface area contributed by atoms with E-state index < -0.39 is 0 Å². The summed E-state index contributed by atoms with van der Waals surface area (Å²) in [5.74, 6) is 0.905. The smallest absolute Gasteiger partial charge is 0.156 e. The Hall–Kier alpha value is -2.15. The quantitative estimate of drug-likeness (QED) is 0.672. The standard InChI is InChI=1S/C20H22O/c1-16(2)20(18-11-7-4-8-12-18)15-19(21)14-13-17-9-5-3-6-10-17/h3-14,16,20H,15H2,1-2H3/b14-13+/t20-/m0/s1. The van der Waals surface area contributed by atoms with Gasteiger partial charge in [-0.25, -0.2) is 0 Å². The third-order valence-corrected chi connectivity index (χ3v) is 3.71. The summed E-state index contributed by atoms with van der Waals surface area (Å²) in [5.41, 5.74) is 2.31. The molecule has 1 heteroatoms. The second-order valence-corrected chi connectivity index (χ2v) is 5.68. The molecular formula is C20H22O. The highest BCUT2D eigenvalue weighted by Gasteiger charge is 2.18. The summed E-state index contributed by atoms with van der Waals surface area (Å²) in [5, 5.41) is 0. The molecule has 0 amide bonds. The van der Waals surface area contributed by atoms with Crippen LogP contribution in [0.1, 0.15) is 37.3 Å². The van der Waals surface area contributed by atoms with E-state index in [2.05, 4.69) is 26.0 Å². The van der Waals surface area contributed by atoms with Gasteiger partial charge in [-0.3, -0.25) is 4.79 Å². The van der Waals surface area contributed by atoms with Gasteiger partial charge in [0.25, 0.3) is 0 Å². The van der Waals surface area contributed by atoms with Crippen LogP contribution >= 0.6 is 0 Å². The van der Waals surface area contributed by atoms with E-state index in [0.717, 1.165) is 5.56 Å². The molecule has 2 aromatic rings. The average molecular weight is 278 g/mol. The lowest BCUT2D eigenvalue weighted by molar-refractivity contribution is -0.115. The van der Waals surface area contributed by atoms with E-state index in [1.165, 1.54) is 5.56 Å². The molecule has 1 nitrogen and oxygen atoms in total. The highest BCUT2D eigenvalue weighted by Crippen LogP contribution is 2.28. The number of ketones is 1. The minimum absolute atomic E-state index is 0.182. The molecule has 0 aliphatic carbocycles. The fraction of sp³-hybridized carbons (Fsp3) is 0.250. The van der Waals surface area contributed by atoms with Crippen molar-refractivity contribution in [2.24, 2.45) is 5.92 Å². The number of allylic oxidation sites excluding steroid dienone is 1. The van der Waals surface area contributed by atoms with Crippen LogP contribution in [0.3, 0.4) is 0 Å². The molecule has 0 unspecified atom stereocenters. The van der Waals surface area contributed by atoms with Crippen molar-refractivity contribution in [2.45, 2.75) is 26.2 Å². The van der Waals surface area contributed by atoms with Crippen molar-refractivity contribution in [3.05, 3.63) is 77.9 Å². The SMILES string of the molecule is CC(C)[C@H](CC(=O)/C=C/c1ccccc1)c1ccccc1. The van der Waals surface area contributed by atoms with Gasteiger partial charge < -0.3 is 0 Å². The third kappa shape index (κ3) is 4.71. The Morgan fingerprint density at radius 3 is 2.10 bits per heavy atom. The van der Waals surface area contributed by atoms with Gasteiger partial charge in [-0.2, -0.15) is 0 Å². The molecule has 2 aromatic carbocycles. The van der Waals surface area contributed by atoms with Gasteiger partial charge in [-0.05, 0) is 29.0 Å². The van der Waals surface area contributed by atoms with Crippen molar-refractivity contribution in [1.29, 1.82) is 0 Å². The van der Waals surface area contributed by atoms with Crippen molar-refractivity contribution in [3.8, 4) is 0 Å². The number of benzene rings is 2. The maximum Gasteiger partial charge on any atom is 0.156 e. The molecule has 0 aromatic heterocycles. The van der Waals surface area contributed by atoms with Crippen LogP contribution in [0.5, 0.6) is 0 Å². The molecule has 0 bridgehead atoms. The van der Waals surface area contributed by atoms with Crippen LogP contribution in [-0.4, -0.2) is 5.78 Å². The normalized spacial score (nSPS) is 12.7. The van der Waals surface area contributed by atoms with Crippen molar-refractivity contribution in [2.75, 3.05) is 0 Å². The zero-order valence-electron chi connectivity index (χ0n) is 12.7. The lowest BCUT2D eigenvalue weighted by Crippen LogP contribution is -2.11. The summed E-state index contributed by atoms with van der Waals surface area (Å²) in [6.07, 6.45) is 4.16. The zero-order valence-corrected chi connectivity index (χ0v) is 12.7. The molecule has 21 heavy (non-hydrogen) atoms. The monoisotopic (exact) mass is 278 g/mol. The highest BCUT2D eigenvalue weighted by atomic mass is 16.1. The topological polar surface area (TPSA) is 17.1 Å². The summed E-state index contributed by atoms with van der Waals surface area (Å²) < 4.78 is 0. The Balaban J connectivity index is 2.04. The number of carbonyl (C=O) groups excluding carboxylic acids is 1. The van der Waals surface area contributed by atoms with Crippen LogP contribution in [0.25, 0.3) is 6.08 Å². The van der Waals surface area contributed by atoms with E-state index in [-0.39, 0.29) is 11.7 Å². The first kappa shape index (κ1) is 15.2. The molecule has 0 spiro atoms. The van der Waals surface area contributed by atoms with Gasteiger partial charge in [0.2, 0.25) is 0 Å². The number of hydrogen-bond donors (Lipinski definition) is 0. The fourth-order valence-electron chi connectivity index (χ4n) is 2.48. The number of hydrogen-bond acceptors (Lipinski definition) is 1. The molecule has 0 fully saturated rings. The average Bonchev–Trinajstić information content (AvgIpc) is 2.52. The minimum atomic E-state index is 0.182. The summed E-state index contributed by atoms with van der Waals surface area (Å²) in [6, 6.07) is 20.2. The van der Waals surface area contributed by atoms with E-state index in [4.69, 9.17) is 0 Å². The zero-order chi connectivity index (χ0) is 15.1. The third-order valence-electron chi connectivity index (χ3n) is 3.71. The Morgan fingerprint density at radius 1 is 0.952 bits per heavy atom. The summed E-state index contributed by atoms with van der Waals surface area (Å²) in [6.45, 7) is 4.34. The predicted octanol–water partition coefficient (Wildman–Crippen LogP) is 5.10. The molecule has 0 aliphatic heterocycles. The fourth-order valence-corrected chi connectivity index (χ4v) is 2.48. The van der Waals surface area contributed by atoms with E-state index >= 15 is 0 Å². The van der Waals surface area contributed by atoms with Crippen LogP contribution in [0.15, 0.2) is 66.7 Å². The van der Waals surface area contributed by atoms with Crippen molar-refractivity contribution < 1.29 is 4.79 Å². The number of carbonyl (C=O) groups is 1. The highest BCUT2D eigenvalue weighted by molar-refractivity contribution is 5.94. The molecule has 0 saturated heterocycles. The van der Waals surface area contributed by atoms with Gasteiger partial charge in [-0.1, -0.05) is 80.6 Å². The maximum atomic E-state index is 12.2. The van der Waals surface area contributed by atoms with Crippen LogP contribution in [0.4, 0.5) is 0 Å². The van der Waals surface area contributed by atoms with Gasteiger partial charge in [0.05, 0.1) is 0 Å². The molecule has 0 N–H and O–H groups in total. The summed E-state index contributed by atoms with van der Waals surface area (Å²) in [7, 11) is 0. The maximum absolute atomic E-state index is 12.2. The van der Waals surface area contributed by atoms with Crippen molar-refractivity contribution >= 4 is 11.9 Å². The van der Waals surface area contributed by atoms with Gasteiger partial charge in [0, 0.05) is 6.42 Å². The predicted molar refractivity (Wildman–Crippen MR) is 89.1 cm³/mol. The van der Waals surface area contributed by atoms with E-state index in [1.54, 1.807) is 6.08 Å². The lowest BCUT2D eigenvalue weighted by atomic mass is 9.84. The Morgan fingerprint density at radius 2 is 1.52 bits per heavy atom. The summed E-state index contributed by atoms with van der Waals surface area (Å²) >= 11 is 0. The van der Waals surface area contributed by atoms with Gasteiger partial charge in [-0.15, -0.1) is 0 Å². The Kier molecular flexibility index (Phi) is 5.51. The van der Waals surface area contributed by atoms with E-state index in [1.807, 2.05) is 54.6 Å². The van der Waals surface area contributed by atoms with Crippen LogP contribution < -0.4 is 0 Å². The van der Waals surface area contributed by atoms with E-state index in [9.17, 15) is 4.79 Å². The Labute approximate surface area is 127 Å². The van der Waals surface area contributed by atoms with Gasteiger partial charge >= 0.3 is 0 Å². The lowest BCUT2D eigenvalue weighted by Gasteiger charge is -2.20. The second kappa shape index (κ2) is 7.58. The second-order valence-electron chi connectivity index (χ2n) is 5.68. The van der Waals surface area contributed by atoms with Crippen molar-refractivity contribution in [1.82, 2.24) is 0 Å². The van der Waals surface area contributed by atoms with Gasteiger partial charge in [0.15, 0.2) is 5.78 Å². The molecule has 0 saturated carbocycles. The first-order valence-corrected chi connectivity index (χ1v) is 7.47. The van der Waals surface area contributed by atoms with E-state index in [0.29, 0.717) is 12.3 Å². The minimum Gasteiger partial charge on any atom is -0.295 e. The molecule has 1 atom stereocenters. The first-order chi connectivity index (χ1) is 10.2.